The fraction of sp³-hybridized carbons (Fsp3) is 0.120. The number of anilines is 5. The molecule has 4 aromatic rings. The summed E-state index contributed by atoms with van der Waals surface area (Å²) in [5.74, 6) is 0.687. The minimum absolute atomic E-state index is 0.0901. The van der Waals surface area contributed by atoms with E-state index in [1.54, 1.807) is 31.4 Å². The highest BCUT2D eigenvalue weighted by Crippen LogP contribution is 2.21. The van der Waals surface area contributed by atoms with Gasteiger partial charge < -0.3 is 20.5 Å². The lowest BCUT2D eigenvalue weighted by Gasteiger charge is -2.11. The SMILES string of the molecule is Cc1ccc(Nc2nc(C)cc(Nc3ccc(NC(=O)c4cccn(C)c4=O)cc3)n2)cc1. The number of aromatic nitrogens is 3. The molecule has 0 spiro atoms. The summed E-state index contributed by atoms with van der Waals surface area (Å²) in [4.78, 5) is 33.5. The van der Waals surface area contributed by atoms with Crippen LogP contribution in [0.3, 0.4) is 0 Å². The highest BCUT2D eigenvalue weighted by atomic mass is 16.2. The molecular weight excluding hydrogens is 416 g/mol. The molecule has 2 heterocycles. The number of hydrogen-bond donors (Lipinski definition) is 3. The van der Waals surface area contributed by atoms with Gasteiger partial charge in [-0.25, -0.2) is 4.98 Å². The molecule has 166 valence electrons. The van der Waals surface area contributed by atoms with Crippen molar-refractivity contribution in [1.29, 1.82) is 0 Å². The van der Waals surface area contributed by atoms with E-state index in [9.17, 15) is 9.59 Å². The quantitative estimate of drug-likeness (QED) is 0.407. The van der Waals surface area contributed by atoms with E-state index in [0.29, 0.717) is 17.5 Å². The molecular formula is C25H24N6O2. The Balaban J connectivity index is 1.45. The lowest BCUT2D eigenvalue weighted by atomic mass is 10.2. The van der Waals surface area contributed by atoms with Crippen LogP contribution in [0, 0.1) is 13.8 Å². The largest absolute Gasteiger partial charge is 0.340 e. The zero-order valence-electron chi connectivity index (χ0n) is 18.6. The van der Waals surface area contributed by atoms with Crippen LogP contribution < -0.4 is 21.5 Å². The molecule has 0 aliphatic heterocycles. The van der Waals surface area contributed by atoms with E-state index in [0.717, 1.165) is 17.1 Å². The van der Waals surface area contributed by atoms with E-state index in [1.807, 2.05) is 56.3 Å². The third kappa shape index (κ3) is 5.43. The van der Waals surface area contributed by atoms with Crippen molar-refractivity contribution in [2.24, 2.45) is 7.05 Å². The predicted molar refractivity (Wildman–Crippen MR) is 131 cm³/mol. The van der Waals surface area contributed by atoms with Gasteiger partial charge in [-0.05, 0) is 62.4 Å². The monoisotopic (exact) mass is 440 g/mol. The number of hydrogen-bond acceptors (Lipinski definition) is 6. The van der Waals surface area contributed by atoms with Crippen molar-refractivity contribution in [2.45, 2.75) is 13.8 Å². The third-order valence-corrected chi connectivity index (χ3v) is 4.95. The van der Waals surface area contributed by atoms with Gasteiger partial charge in [0.15, 0.2) is 0 Å². The first-order valence-corrected chi connectivity index (χ1v) is 10.4. The number of nitrogens with zero attached hydrogens (tertiary/aromatic N) is 3. The van der Waals surface area contributed by atoms with Crippen LogP contribution >= 0.6 is 0 Å². The third-order valence-electron chi connectivity index (χ3n) is 4.95. The Bertz CT molecular complexity index is 1340. The number of amides is 1. The van der Waals surface area contributed by atoms with Crippen molar-refractivity contribution in [1.82, 2.24) is 14.5 Å². The summed E-state index contributed by atoms with van der Waals surface area (Å²) in [6.45, 7) is 3.94. The van der Waals surface area contributed by atoms with Gasteiger partial charge in [0.1, 0.15) is 11.4 Å². The van der Waals surface area contributed by atoms with Crippen LogP contribution in [0.15, 0.2) is 77.7 Å². The average Bonchev–Trinajstić information content (AvgIpc) is 2.78. The maximum atomic E-state index is 12.4. The molecule has 1 amide bonds. The lowest BCUT2D eigenvalue weighted by Crippen LogP contribution is -2.26. The van der Waals surface area contributed by atoms with Gasteiger partial charge >= 0.3 is 0 Å². The molecule has 0 saturated heterocycles. The first kappa shape index (κ1) is 21.8. The first-order valence-electron chi connectivity index (χ1n) is 10.4. The van der Waals surface area contributed by atoms with Gasteiger partial charge in [0, 0.05) is 42.1 Å². The van der Waals surface area contributed by atoms with E-state index in [4.69, 9.17) is 0 Å². The Kier molecular flexibility index (Phi) is 6.17. The van der Waals surface area contributed by atoms with Crippen molar-refractivity contribution in [3.8, 4) is 0 Å². The molecule has 8 nitrogen and oxygen atoms in total. The number of nitrogens with one attached hydrogen (secondary N) is 3. The highest BCUT2D eigenvalue weighted by Gasteiger charge is 2.11. The van der Waals surface area contributed by atoms with Gasteiger partial charge in [-0.2, -0.15) is 4.98 Å². The topological polar surface area (TPSA) is 101 Å². The molecule has 0 saturated carbocycles. The number of carbonyl (C=O) groups is 1. The van der Waals surface area contributed by atoms with E-state index in [2.05, 4.69) is 25.9 Å². The number of pyridine rings is 1. The van der Waals surface area contributed by atoms with Crippen LogP contribution in [0.1, 0.15) is 21.6 Å². The zero-order valence-corrected chi connectivity index (χ0v) is 18.6. The van der Waals surface area contributed by atoms with Crippen molar-refractivity contribution < 1.29 is 4.79 Å². The molecule has 0 unspecified atom stereocenters. The molecule has 0 atom stereocenters. The molecule has 2 aromatic heterocycles. The summed E-state index contributed by atoms with van der Waals surface area (Å²) < 4.78 is 1.37. The van der Waals surface area contributed by atoms with Gasteiger partial charge in [0.25, 0.3) is 11.5 Å². The number of benzene rings is 2. The normalized spacial score (nSPS) is 10.5. The van der Waals surface area contributed by atoms with Crippen molar-refractivity contribution in [3.63, 3.8) is 0 Å². The van der Waals surface area contributed by atoms with Crippen LogP contribution in [0.4, 0.5) is 28.8 Å². The Morgan fingerprint density at radius 1 is 0.848 bits per heavy atom. The Labute approximate surface area is 191 Å². The van der Waals surface area contributed by atoms with Crippen LogP contribution in [-0.2, 0) is 7.05 Å². The van der Waals surface area contributed by atoms with Crippen molar-refractivity contribution in [2.75, 3.05) is 16.0 Å². The second-order valence-electron chi connectivity index (χ2n) is 7.70. The minimum atomic E-state index is -0.449. The lowest BCUT2D eigenvalue weighted by molar-refractivity contribution is 0.102. The van der Waals surface area contributed by atoms with Gasteiger partial charge in [-0.3, -0.25) is 9.59 Å². The van der Waals surface area contributed by atoms with E-state index < -0.39 is 5.91 Å². The molecule has 0 radical (unpaired) electrons. The molecule has 3 N–H and O–H groups in total. The Hall–Kier alpha value is -4.46. The van der Waals surface area contributed by atoms with Crippen LogP contribution in [0.5, 0.6) is 0 Å². The molecule has 2 aromatic carbocycles. The zero-order chi connectivity index (χ0) is 23.4. The maximum Gasteiger partial charge on any atom is 0.263 e. The summed E-state index contributed by atoms with van der Waals surface area (Å²) in [7, 11) is 1.61. The molecule has 33 heavy (non-hydrogen) atoms. The second-order valence-corrected chi connectivity index (χ2v) is 7.70. The summed E-state index contributed by atoms with van der Waals surface area (Å²) in [6.07, 6.45) is 1.61. The van der Waals surface area contributed by atoms with Gasteiger partial charge in [-0.1, -0.05) is 17.7 Å². The molecule has 0 bridgehead atoms. The van der Waals surface area contributed by atoms with Crippen LogP contribution in [0.2, 0.25) is 0 Å². The number of rotatable bonds is 6. The average molecular weight is 441 g/mol. The standard InChI is InChI=1S/C25H24N6O2/c1-16-6-8-20(9-7-16)29-25-26-17(2)15-22(30-25)27-18-10-12-19(13-11-18)28-23(32)21-5-4-14-31(3)24(21)33/h4-15H,1-3H3,(H,28,32)(H2,26,27,29,30). The van der Waals surface area contributed by atoms with Gasteiger partial charge in [0.2, 0.25) is 5.95 Å². The summed E-state index contributed by atoms with van der Waals surface area (Å²) in [6, 6.07) is 20.2. The van der Waals surface area contributed by atoms with Crippen LogP contribution in [-0.4, -0.2) is 20.4 Å². The summed E-state index contributed by atoms with van der Waals surface area (Å²) in [5, 5.41) is 9.22. The van der Waals surface area contributed by atoms with Crippen LogP contribution in [0.25, 0.3) is 0 Å². The maximum absolute atomic E-state index is 12.4. The van der Waals surface area contributed by atoms with E-state index >= 15 is 0 Å². The molecule has 0 aliphatic rings. The fourth-order valence-electron chi connectivity index (χ4n) is 3.21. The highest BCUT2D eigenvalue weighted by molar-refractivity contribution is 6.04. The number of aryl methyl sites for hydroxylation is 3. The fourth-order valence-corrected chi connectivity index (χ4v) is 3.21. The van der Waals surface area contributed by atoms with Crippen molar-refractivity contribution >= 4 is 34.7 Å². The van der Waals surface area contributed by atoms with Gasteiger partial charge in [0.05, 0.1) is 0 Å². The summed E-state index contributed by atoms with van der Waals surface area (Å²) >= 11 is 0. The molecule has 8 heteroatoms. The molecule has 0 aliphatic carbocycles. The summed E-state index contributed by atoms with van der Waals surface area (Å²) in [5.41, 5.74) is 4.02. The van der Waals surface area contributed by atoms with E-state index in [-0.39, 0.29) is 11.1 Å². The Morgan fingerprint density at radius 3 is 2.21 bits per heavy atom. The number of carbonyl (C=O) groups excluding carboxylic acids is 1. The minimum Gasteiger partial charge on any atom is -0.340 e. The predicted octanol–water partition coefficient (Wildman–Crippen LogP) is 4.53. The van der Waals surface area contributed by atoms with E-state index in [1.165, 1.54) is 16.2 Å². The first-order chi connectivity index (χ1) is 15.9. The Morgan fingerprint density at radius 2 is 1.48 bits per heavy atom. The molecule has 4 rings (SSSR count). The molecule has 0 fully saturated rings. The second kappa shape index (κ2) is 9.35. The van der Waals surface area contributed by atoms with Crippen molar-refractivity contribution in [3.05, 3.63) is 100 Å². The smallest absolute Gasteiger partial charge is 0.263 e. The van der Waals surface area contributed by atoms with Gasteiger partial charge in [-0.15, -0.1) is 0 Å².